The van der Waals surface area contributed by atoms with Gasteiger partial charge in [0.15, 0.2) is 0 Å². The molecule has 1 saturated heterocycles. The average Bonchev–Trinajstić information content (AvgIpc) is 3.00. The van der Waals surface area contributed by atoms with Crippen LogP contribution in [-0.2, 0) is 4.79 Å². The van der Waals surface area contributed by atoms with Crippen molar-refractivity contribution >= 4 is 17.8 Å². The molecule has 8 heteroatoms. The fourth-order valence-electron chi connectivity index (χ4n) is 4.26. The van der Waals surface area contributed by atoms with Gasteiger partial charge in [-0.05, 0) is 50.2 Å². The van der Waals surface area contributed by atoms with E-state index in [0.717, 1.165) is 12.8 Å². The number of carbonyl (C=O) groups is 3. The minimum absolute atomic E-state index is 0.105. The number of nitrogens with two attached hydrogens (primary N) is 1. The van der Waals surface area contributed by atoms with Crippen molar-refractivity contribution in [3.8, 4) is 5.88 Å². The van der Waals surface area contributed by atoms with Gasteiger partial charge in [0.1, 0.15) is 17.7 Å². The molecule has 0 radical (unpaired) electrons. The van der Waals surface area contributed by atoms with Gasteiger partial charge in [-0.25, -0.2) is 9.78 Å². The van der Waals surface area contributed by atoms with Crippen LogP contribution >= 0.6 is 0 Å². The van der Waals surface area contributed by atoms with Crippen LogP contribution in [0.1, 0.15) is 69.2 Å². The van der Waals surface area contributed by atoms with Gasteiger partial charge in [-0.1, -0.05) is 26.7 Å². The zero-order chi connectivity index (χ0) is 21.0. The molecule has 0 aromatic carbocycles. The average molecular weight is 402 g/mol. The van der Waals surface area contributed by atoms with Gasteiger partial charge in [0, 0.05) is 12.2 Å². The molecule has 1 unspecified atom stereocenters. The number of ether oxygens (including phenoxy) is 1. The SMILES string of the molecule is CCC(CC)CC1NC(=O)N(C2CCC(Oc3ncccc3C(N)=O)CC2)C1=O. The predicted octanol–water partition coefficient (Wildman–Crippen LogP) is 2.62. The number of carbonyl (C=O) groups excluding carboxylic acids is 3. The molecule has 2 heterocycles. The number of hydrogen-bond acceptors (Lipinski definition) is 5. The molecule has 2 aliphatic rings. The molecule has 1 saturated carbocycles. The topological polar surface area (TPSA) is 115 Å². The van der Waals surface area contributed by atoms with Crippen LogP contribution in [0.15, 0.2) is 18.3 Å². The van der Waals surface area contributed by atoms with Crippen molar-refractivity contribution in [2.75, 3.05) is 0 Å². The van der Waals surface area contributed by atoms with Crippen LogP contribution in [0.5, 0.6) is 5.88 Å². The molecule has 0 bridgehead atoms. The summed E-state index contributed by atoms with van der Waals surface area (Å²) in [6.07, 6.45) is 6.81. The summed E-state index contributed by atoms with van der Waals surface area (Å²) in [5.74, 6) is -0.00790. The smallest absolute Gasteiger partial charge is 0.325 e. The number of amides is 4. The maximum absolute atomic E-state index is 12.8. The van der Waals surface area contributed by atoms with Gasteiger partial charge in [0.05, 0.1) is 0 Å². The second kappa shape index (κ2) is 9.24. The lowest BCUT2D eigenvalue weighted by Gasteiger charge is -2.33. The largest absolute Gasteiger partial charge is 0.474 e. The summed E-state index contributed by atoms with van der Waals surface area (Å²) in [6.45, 7) is 4.22. The van der Waals surface area contributed by atoms with E-state index in [-0.39, 0.29) is 35.5 Å². The van der Waals surface area contributed by atoms with Crippen LogP contribution in [0, 0.1) is 5.92 Å². The molecule has 158 valence electrons. The van der Waals surface area contributed by atoms with Crippen LogP contribution in [0.2, 0.25) is 0 Å². The molecule has 4 amide bonds. The number of urea groups is 1. The van der Waals surface area contributed by atoms with Gasteiger partial charge < -0.3 is 15.8 Å². The van der Waals surface area contributed by atoms with Gasteiger partial charge in [-0.3, -0.25) is 14.5 Å². The normalized spacial score (nSPS) is 24.7. The summed E-state index contributed by atoms with van der Waals surface area (Å²) < 4.78 is 5.90. The van der Waals surface area contributed by atoms with E-state index in [1.807, 2.05) is 0 Å². The Morgan fingerprint density at radius 2 is 1.97 bits per heavy atom. The van der Waals surface area contributed by atoms with Crippen LogP contribution < -0.4 is 15.8 Å². The van der Waals surface area contributed by atoms with Crippen molar-refractivity contribution in [2.45, 2.75) is 77.0 Å². The van der Waals surface area contributed by atoms with Crippen molar-refractivity contribution in [1.82, 2.24) is 15.2 Å². The van der Waals surface area contributed by atoms with E-state index < -0.39 is 11.9 Å². The van der Waals surface area contributed by atoms with Crippen LogP contribution in [0.3, 0.4) is 0 Å². The highest BCUT2D eigenvalue weighted by molar-refractivity contribution is 6.04. The Hall–Kier alpha value is -2.64. The van der Waals surface area contributed by atoms with Gasteiger partial charge in [0.2, 0.25) is 5.88 Å². The molecule has 3 N–H and O–H groups in total. The van der Waals surface area contributed by atoms with Crippen molar-refractivity contribution in [2.24, 2.45) is 11.7 Å². The van der Waals surface area contributed by atoms with E-state index in [0.29, 0.717) is 38.0 Å². The van der Waals surface area contributed by atoms with Crippen molar-refractivity contribution < 1.29 is 19.1 Å². The summed E-state index contributed by atoms with van der Waals surface area (Å²) in [6, 6.07) is 2.42. The Kier molecular flexibility index (Phi) is 6.71. The lowest BCUT2D eigenvalue weighted by Crippen LogP contribution is -2.44. The van der Waals surface area contributed by atoms with Crippen LogP contribution in [0.25, 0.3) is 0 Å². The Bertz CT molecular complexity index is 757. The highest BCUT2D eigenvalue weighted by Crippen LogP contribution is 2.30. The first kappa shape index (κ1) is 21.1. The number of nitrogens with one attached hydrogen (secondary N) is 1. The molecular weight excluding hydrogens is 372 g/mol. The number of hydrogen-bond donors (Lipinski definition) is 2. The first-order valence-electron chi connectivity index (χ1n) is 10.5. The zero-order valence-electron chi connectivity index (χ0n) is 17.1. The Morgan fingerprint density at radius 3 is 2.59 bits per heavy atom. The van der Waals surface area contributed by atoms with E-state index in [2.05, 4.69) is 24.1 Å². The Balaban J connectivity index is 1.57. The number of aromatic nitrogens is 1. The lowest BCUT2D eigenvalue weighted by molar-refractivity contribution is -0.130. The first-order valence-corrected chi connectivity index (χ1v) is 10.5. The molecule has 2 fully saturated rings. The fraction of sp³-hybridized carbons (Fsp3) is 0.619. The summed E-state index contributed by atoms with van der Waals surface area (Å²) in [4.78, 5) is 42.3. The molecule has 1 aliphatic carbocycles. The van der Waals surface area contributed by atoms with Crippen molar-refractivity contribution in [3.05, 3.63) is 23.9 Å². The molecule has 29 heavy (non-hydrogen) atoms. The van der Waals surface area contributed by atoms with Crippen molar-refractivity contribution in [3.63, 3.8) is 0 Å². The molecule has 1 aliphatic heterocycles. The molecule has 3 rings (SSSR count). The minimum atomic E-state index is -0.579. The third-order valence-electron chi connectivity index (χ3n) is 6.10. The van der Waals surface area contributed by atoms with E-state index in [4.69, 9.17) is 10.5 Å². The second-order valence-electron chi connectivity index (χ2n) is 7.90. The van der Waals surface area contributed by atoms with Crippen LogP contribution in [-0.4, -0.2) is 45.9 Å². The van der Waals surface area contributed by atoms with E-state index in [1.54, 1.807) is 18.3 Å². The highest BCUT2D eigenvalue weighted by atomic mass is 16.5. The second-order valence-corrected chi connectivity index (χ2v) is 7.90. The Labute approximate surface area is 171 Å². The molecule has 1 atom stereocenters. The third-order valence-corrected chi connectivity index (χ3v) is 6.10. The number of imide groups is 1. The Morgan fingerprint density at radius 1 is 1.28 bits per heavy atom. The highest BCUT2D eigenvalue weighted by Gasteiger charge is 2.43. The molecule has 8 nitrogen and oxygen atoms in total. The summed E-state index contributed by atoms with van der Waals surface area (Å²) in [5.41, 5.74) is 5.63. The van der Waals surface area contributed by atoms with E-state index in [9.17, 15) is 14.4 Å². The number of pyridine rings is 1. The summed E-state index contributed by atoms with van der Waals surface area (Å²) >= 11 is 0. The summed E-state index contributed by atoms with van der Waals surface area (Å²) in [5, 5.41) is 2.87. The predicted molar refractivity (Wildman–Crippen MR) is 107 cm³/mol. The quantitative estimate of drug-likeness (QED) is 0.649. The maximum Gasteiger partial charge on any atom is 0.325 e. The molecular formula is C21H30N4O4. The van der Waals surface area contributed by atoms with Gasteiger partial charge in [-0.15, -0.1) is 0 Å². The van der Waals surface area contributed by atoms with Gasteiger partial charge >= 0.3 is 6.03 Å². The monoisotopic (exact) mass is 402 g/mol. The number of nitrogens with zero attached hydrogens (tertiary/aromatic N) is 2. The lowest BCUT2D eigenvalue weighted by atomic mass is 9.91. The number of primary amides is 1. The summed E-state index contributed by atoms with van der Waals surface area (Å²) in [7, 11) is 0. The van der Waals surface area contributed by atoms with Gasteiger partial charge in [-0.2, -0.15) is 0 Å². The minimum Gasteiger partial charge on any atom is -0.474 e. The molecule has 1 aromatic heterocycles. The third kappa shape index (κ3) is 4.68. The molecule has 0 spiro atoms. The van der Waals surface area contributed by atoms with Gasteiger partial charge in [0.25, 0.3) is 11.8 Å². The standard InChI is InChI=1S/C21H30N4O4/c1-3-13(4-2)12-17-20(27)25(21(28)24-17)14-7-9-15(10-8-14)29-19-16(18(22)26)6-5-11-23-19/h5-6,11,13-15,17H,3-4,7-10,12H2,1-2H3,(H2,22,26)(H,24,28). The fourth-order valence-corrected chi connectivity index (χ4v) is 4.26. The molecule has 1 aromatic rings. The van der Waals surface area contributed by atoms with Crippen LogP contribution in [0.4, 0.5) is 4.79 Å². The zero-order valence-corrected chi connectivity index (χ0v) is 17.1. The maximum atomic E-state index is 12.8. The first-order chi connectivity index (χ1) is 13.9. The van der Waals surface area contributed by atoms with E-state index >= 15 is 0 Å². The number of rotatable bonds is 8. The van der Waals surface area contributed by atoms with E-state index in [1.165, 1.54) is 4.90 Å². The van der Waals surface area contributed by atoms with Crippen molar-refractivity contribution in [1.29, 1.82) is 0 Å².